The molecule has 0 unspecified atom stereocenters. The lowest BCUT2D eigenvalue weighted by atomic mass is 10.2. The zero-order valence-corrected chi connectivity index (χ0v) is 9.14. The molecule has 1 aromatic carbocycles. The minimum atomic E-state index is 1.05. The van der Waals surface area contributed by atoms with E-state index in [0.717, 1.165) is 10.7 Å². The summed E-state index contributed by atoms with van der Waals surface area (Å²) >= 11 is 1.72. The van der Waals surface area contributed by atoms with Gasteiger partial charge in [-0.05, 0) is 30.7 Å². The van der Waals surface area contributed by atoms with Crippen LogP contribution in [0.3, 0.4) is 0 Å². The fraction of sp³-hybridized carbons (Fsp3) is 0.0833. The van der Waals surface area contributed by atoms with E-state index in [4.69, 9.17) is 0 Å². The Morgan fingerprint density at radius 3 is 3.00 bits per heavy atom. The summed E-state index contributed by atoms with van der Waals surface area (Å²) in [5, 5.41) is 4.45. The SMILES string of the molecule is Cc1cnc2c(c1)Nc1ccccc1S2. The van der Waals surface area contributed by atoms with Crippen LogP contribution in [0.15, 0.2) is 46.5 Å². The highest BCUT2D eigenvalue weighted by Gasteiger charge is 2.15. The Morgan fingerprint density at radius 1 is 1.20 bits per heavy atom. The Kier molecular flexibility index (Phi) is 1.92. The first-order valence-electron chi connectivity index (χ1n) is 4.83. The van der Waals surface area contributed by atoms with Crippen molar-refractivity contribution in [2.45, 2.75) is 16.8 Å². The van der Waals surface area contributed by atoms with E-state index in [9.17, 15) is 0 Å². The molecule has 2 aromatic rings. The normalized spacial score (nSPS) is 12.6. The zero-order valence-electron chi connectivity index (χ0n) is 8.32. The van der Waals surface area contributed by atoms with Crippen LogP contribution in [-0.4, -0.2) is 4.98 Å². The number of hydrogen-bond donors (Lipinski definition) is 1. The molecule has 0 spiro atoms. The number of nitrogens with one attached hydrogen (secondary N) is 1. The number of benzene rings is 1. The summed E-state index contributed by atoms with van der Waals surface area (Å²) in [6, 6.07) is 10.4. The third-order valence-corrected chi connectivity index (χ3v) is 3.45. The lowest BCUT2D eigenvalue weighted by Crippen LogP contribution is -2.01. The number of aryl methyl sites for hydroxylation is 1. The summed E-state index contributed by atoms with van der Waals surface area (Å²) in [5.74, 6) is 0. The van der Waals surface area contributed by atoms with Gasteiger partial charge in [-0.3, -0.25) is 0 Å². The maximum Gasteiger partial charge on any atom is 0.124 e. The summed E-state index contributed by atoms with van der Waals surface area (Å²) in [7, 11) is 0. The first-order chi connectivity index (χ1) is 7.33. The fourth-order valence-corrected chi connectivity index (χ4v) is 2.54. The Morgan fingerprint density at radius 2 is 2.07 bits per heavy atom. The van der Waals surface area contributed by atoms with Crippen LogP contribution >= 0.6 is 11.8 Å². The number of para-hydroxylation sites is 1. The quantitative estimate of drug-likeness (QED) is 0.619. The van der Waals surface area contributed by atoms with Gasteiger partial charge in [0.25, 0.3) is 0 Å². The molecule has 0 aliphatic carbocycles. The summed E-state index contributed by atoms with van der Waals surface area (Å²) < 4.78 is 0. The molecule has 1 aromatic heterocycles. The van der Waals surface area contributed by atoms with Gasteiger partial charge < -0.3 is 5.32 Å². The lowest BCUT2D eigenvalue weighted by Gasteiger charge is -2.19. The van der Waals surface area contributed by atoms with Crippen molar-refractivity contribution in [1.29, 1.82) is 0 Å². The smallest absolute Gasteiger partial charge is 0.124 e. The zero-order chi connectivity index (χ0) is 10.3. The number of rotatable bonds is 0. The molecule has 3 rings (SSSR count). The molecule has 0 bridgehead atoms. The molecule has 74 valence electrons. The predicted octanol–water partition coefficient (Wildman–Crippen LogP) is 3.60. The maximum atomic E-state index is 4.42. The fourth-order valence-electron chi connectivity index (χ4n) is 1.64. The van der Waals surface area contributed by atoms with Gasteiger partial charge in [-0.2, -0.15) is 0 Å². The standard InChI is InChI=1S/C12H10N2S/c1-8-6-10-12(13-7-8)15-11-5-3-2-4-9(11)14-10/h2-7,14H,1H3. The molecule has 3 heteroatoms. The summed E-state index contributed by atoms with van der Waals surface area (Å²) in [6.07, 6.45) is 1.90. The first-order valence-corrected chi connectivity index (χ1v) is 5.65. The second-order valence-electron chi connectivity index (χ2n) is 3.59. The third-order valence-electron chi connectivity index (χ3n) is 2.35. The van der Waals surface area contributed by atoms with Crippen LogP contribution < -0.4 is 5.32 Å². The molecule has 0 atom stereocenters. The summed E-state index contributed by atoms with van der Waals surface area (Å²) in [4.78, 5) is 5.66. The lowest BCUT2D eigenvalue weighted by molar-refractivity contribution is 1.10. The van der Waals surface area contributed by atoms with Gasteiger partial charge in [0.15, 0.2) is 0 Å². The molecule has 0 saturated heterocycles. The molecular formula is C12H10N2S. The van der Waals surface area contributed by atoms with Crippen molar-refractivity contribution < 1.29 is 0 Å². The highest BCUT2D eigenvalue weighted by atomic mass is 32.2. The second kappa shape index (κ2) is 3.28. The molecule has 1 N–H and O–H groups in total. The molecule has 1 aliphatic rings. The largest absolute Gasteiger partial charge is 0.352 e. The van der Waals surface area contributed by atoms with Crippen LogP contribution in [0.5, 0.6) is 0 Å². The van der Waals surface area contributed by atoms with Crippen LogP contribution in [0.1, 0.15) is 5.56 Å². The van der Waals surface area contributed by atoms with Gasteiger partial charge in [0, 0.05) is 11.1 Å². The molecule has 2 heterocycles. The van der Waals surface area contributed by atoms with Crippen LogP contribution in [0.25, 0.3) is 0 Å². The van der Waals surface area contributed by atoms with Gasteiger partial charge in [0.05, 0.1) is 11.4 Å². The maximum absolute atomic E-state index is 4.42. The van der Waals surface area contributed by atoms with Crippen molar-refractivity contribution in [2.75, 3.05) is 5.32 Å². The van der Waals surface area contributed by atoms with Gasteiger partial charge in [-0.15, -0.1) is 0 Å². The number of pyridine rings is 1. The van der Waals surface area contributed by atoms with Gasteiger partial charge in [0.2, 0.25) is 0 Å². The van der Waals surface area contributed by atoms with Gasteiger partial charge >= 0.3 is 0 Å². The van der Waals surface area contributed by atoms with Gasteiger partial charge in [-0.25, -0.2) is 4.98 Å². The molecule has 0 radical (unpaired) electrons. The van der Waals surface area contributed by atoms with Crippen molar-refractivity contribution in [3.05, 3.63) is 42.1 Å². The monoisotopic (exact) mass is 214 g/mol. The van der Waals surface area contributed by atoms with E-state index < -0.39 is 0 Å². The summed E-state index contributed by atoms with van der Waals surface area (Å²) in [6.45, 7) is 2.06. The molecule has 0 saturated carbocycles. The Bertz CT molecular complexity index is 523. The summed E-state index contributed by atoms with van der Waals surface area (Å²) in [5.41, 5.74) is 3.46. The number of nitrogens with zero attached hydrogens (tertiary/aromatic N) is 1. The van der Waals surface area contributed by atoms with Crippen molar-refractivity contribution in [1.82, 2.24) is 4.98 Å². The minimum absolute atomic E-state index is 1.05. The van der Waals surface area contributed by atoms with E-state index in [0.29, 0.717) is 0 Å². The van der Waals surface area contributed by atoms with E-state index in [1.807, 2.05) is 18.3 Å². The highest BCUT2D eigenvalue weighted by molar-refractivity contribution is 7.99. The van der Waals surface area contributed by atoms with Crippen LogP contribution in [-0.2, 0) is 0 Å². The molecule has 1 aliphatic heterocycles. The molecule has 15 heavy (non-hydrogen) atoms. The minimum Gasteiger partial charge on any atom is -0.352 e. The van der Waals surface area contributed by atoms with Crippen molar-refractivity contribution in [3.63, 3.8) is 0 Å². The van der Waals surface area contributed by atoms with E-state index >= 15 is 0 Å². The average molecular weight is 214 g/mol. The predicted molar refractivity (Wildman–Crippen MR) is 62.8 cm³/mol. The molecule has 2 nitrogen and oxygen atoms in total. The third kappa shape index (κ3) is 1.49. The van der Waals surface area contributed by atoms with Crippen LogP contribution in [0, 0.1) is 6.92 Å². The van der Waals surface area contributed by atoms with E-state index in [1.54, 1.807) is 11.8 Å². The van der Waals surface area contributed by atoms with Crippen LogP contribution in [0.2, 0.25) is 0 Å². The van der Waals surface area contributed by atoms with E-state index in [1.165, 1.54) is 16.1 Å². The number of hydrogen-bond acceptors (Lipinski definition) is 3. The van der Waals surface area contributed by atoms with Crippen molar-refractivity contribution in [3.8, 4) is 0 Å². The second-order valence-corrected chi connectivity index (χ2v) is 4.62. The Hall–Kier alpha value is -1.48. The van der Waals surface area contributed by atoms with Crippen molar-refractivity contribution in [2.24, 2.45) is 0 Å². The number of fused-ring (bicyclic) bond motifs is 2. The number of anilines is 2. The topological polar surface area (TPSA) is 24.9 Å². The average Bonchev–Trinajstić information content (AvgIpc) is 2.26. The van der Waals surface area contributed by atoms with Gasteiger partial charge in [-0.1, -0.05) is 23.9 Å². The Labute approximate surface area is 92.7 Å². The molecule has 0 amide bonds. The number of aromatic nitrogens is 1. The van der Waals surface area contributed by atoms with Crippen LogP contribution in [0.4, 0.5) is 11.4 Å². The molecular weight excluding hydrogens is 204 g/mol. The van der Waals surface area contributed by atoms with E-state index in [2.05, 4.69) is 35.4 Å². The van der Waals surface area contributed by atoms with Gasteiger partial charge in [0.1, 0.15) is 5.03 Å². The van der Waals surface area contributed by atoms with E-state index in [-0.39, 0.29) is 0 Å². The first kappa shape index (κ1) is 8.80. The van der Waals surface area contributed by atoms with Crippen molar-refractivity contribution >= 4 is 23.1 Å². The highest BCUT2D eigenvalue weighted by Crippen LogP contribution is 2.42. The molecule has 0 fully saturated rings. The Balaban J connectivity index is 2.11.